The van der Waals surface area contributed by atoms with Crippen molar-refractivity contribution in [1.82, 2.24) is 14.7 Å². The quantitative estimate of drug-likeness (QED) is 0.629. The van der Waals surface area contributed by atoms with Crippen LogP contribution in [0.2, 0.25) is 0 Å². The van der Waals surface area contributed by atoms with Crippen molar-refractivity contribution in [2.75, 3.05) is 40.0 Å². The molecule has 5 heteroatoms. The number of rotatable bonds is 5. The second-order valence-corrected chi connectivity index (χ2v) is 3.80. The Balaban J connectivity index is 2.35. The predicted octanol–water partition coefficient (Wildman–Crippen LogP) is -0.522. The smallest absolute Gasteiger partial charge is 0.0976 e. The van der Waals surface area contributed by atoms with E-state index in [0.29, 0.717) is 6.67 Å². The zero-order valence-corrected chi connectivity index (χ0v) is 8.89. The number of unbranched alkanes of at least 4 members (excludes halogenated alkanes) is 1. The molecule has 0 spiro atoms. The number of aliphatic hydroxyl groups is 2. The van der Waals surface area contributed by atoms with Gasteiger partial charge in [-0.25, -0.2) is 0 Å². The molecule has 0 aliphatic carbocycles. The maximum Gasteiger partial charge on any atom is 0.0976 e. The lowest BCUT2D eigenvalue weighted by molar-refractivity contribution is -0.0907. The van der Waals surface area contributed by atoms with Crippen molar-refractivity contribution in [2.24, 2.45) is 0 Å². The Morgan fingerprint density at radius 2 is 1.43 bits per heavy atom. The van der Waals surface area contributed by atoms with Crippen LogP contribution in [0.5, 0.6) is 0 Å². The molecule has 0 aromatic heterocycles. The van der Waals surface area contributed by atoms with Crippen LogP contribution in [0, 0.1) is 0 Å². The summed E-state index contributed by atoms with van der Waals surface area (Å²) in [4.78, 5) is 6.03. The molecular formula is C9H21N3O2. The minimum absolute atomic E-state index is 0.0547. The summed E-state index contributed by atoms with van der Waals surface area (Å²) in [7, 11) is 0. The molecule has 2 N–H and O–H groups in total. The van der Waals surface area contributed by atoms with Gasteiger partial charge in [-0.2, -0.15) is 0 Å². The lowest BCUT2D eigenvalue weighted by atomic mass is 10.3. The zero-order chi connectivity index (χ0) is 10.4. The Hall–Kier alpha value is -0.200. The first-order valence-electron chi connectivity index (χ1n) is 5.19. The zero-order valence-electron chi connectivity index (χ0n) is 8.89. The van der Waals surface area contributed by atoms with E-state index in [-0.39, 0.29) is 13.5 Å². The predicted molar refractivity (Wildman–Crippen MR) is 54.1 cm³/mol. The van der Waals surface area contributed by atoms with Gasteiger partial charge in [-0.1, -0.05) is 13.3 Å². The molecule has 1 aliphatic rings. The molecule has 1 rings (SSSR count). The highest BCUT2D eigenvalue weighted by atomic mass is 16.3. The molecule has 1 aliphatic heterocycles. The van der Waals surface area contributed by atoms with E-state index < -0.39 is 0 Å². The Morgan fingerprint density at radius 3 is 1.86 bits per heavy atom. The Labute approximate surface area is 85.5 Å². The van der Waals surface area contributed by atoms with Gasteiger partial charge in [0.25, 0.3) is 0 Å². The van der Waals surface area contributed by atoms with E-state index in [1.165, 1.54) is 12.8 Å². The Bertz CT molecular complexity index is 145. The Morgan fingerprint density at radius 1 is 0.929 bits per heavy atom. The van der Waals surface area contributed by atoms with Crippen LogP contribution in [-0.4, -0.2) is 64.9 Å². The minimum Gasteiger partial charge on any atom is -0.381 e. The average molecular weight is 203 g/mol. The standard InChI is InChI=1S/C9H21N3O2/c1-2-3-4-10-5-11(8-13)7-12(6-10)9-14/h13-14H,2-9H2,1H3. The van der Waals surface area contributed by atoms with E-state index in [9.17, 15) is 0 Å². The molecule has 5 nitrogen and oxygen atoms in total. The molecule has 1 fully saturated rings. The summed E-state index contributed by atoms with van der Waals surface area (Å²) < 4.78 is 0. The molecule has 0 bridgehead atoms. The molecule has 0 atom stereocenters. The van der Waals surface area contributed by atoms with Gasteiger partial charge in [-0.05, 0) is 6.42 Å². The average Bonchev–Trinajstić information content (AvgIpc) is 2.25. The van der Waals surface area contributed by atoms with Gasteiger partial charge in [0.2, 0.25) is 0 Å². The number of nitrogens with zero attached hydrogens (tertiary/aromatic N) is 3. The molecule has 0 unspecified atom stereocenters. The number of hydrogen-bond acceptors (Lipinski definition) is 5. The van der Waals surface area contributed by atoms with E-state index in [2.05, 4.69) is 11.8 Å². The molecule has 0 aromatic carbocycles. The summed E-state index contributed by atoms with van der Waals surface area (Å²) in [6, 6.07) is 0. The van der Waals surface area contributed by atoms with Crippen molar-refractivity contribution in [3.05, 3.63) is 0 Å². The highest BCUT2D eigenvalue weighted by molar-refractivity contribution is 4.65. The van der Waals surface area contributed by atoms with Gasteiger partial charge in [-0.15, -0.1) is 0 Å². The normalized spacial score (nSPS) is 21.6. The van der Waals surface area contributed by atoms with Gasteiger partial charge in [0.1, 0.15) is 0 Å². The van der Waals surface area contributed by atoms with E-state index in [1.807, 2.05) is 9.80 Å². The van der Waals surface area contributed by atoms with E-state index in [0.717, 1.165) is 19.9 Å². The molecule has 0 saturated carbocycles. The lowest BCUT2D eigenvalue weighted by Gasteiger charge is -2.40. The van der Waals surface area contributed by atoms with Gasteiger partial charge >= 0.3 is 0 Å². The lowest BCUT2D eigenvalue weighted by Crippen LogP contribution is -2.55. The highest BCUT2D eigenvalue weighted by Crippen LogP contribution is 2.06. The van der Waals surface area contributed by atoms with Crippen molar-refractivity contribution < 1.29 is 10.2 Å². The summed E-state index contributed by atoms with van der Waals surface area (Å²) in [5.74, 6) is 0. The van der Waals surface area contributed by atoms with Crippen LogP contribution in [0.4, 0.5) is 0 Å². The molecule has 1 saturated heterocycles. The molecule has 1 heterocycles. The maximum atomic E-state index is 9.04. The highest BCUT2D eigenvalue weighted by Gasteiger charge is 2.21. The fraction of sp³-hybridized carbons (Fsp3) is 1.00. The molecule has 0 amide bonds. The van der Waals surface area contributed by atoms with Crippen LogP contribution < -0.4 is 0 Å². The van der Waals surface area contributed by atoms with Gasteiger partial charge < -0.3 is 10.2 Å². The van der Waals surface area contributed by atoms with Gasteiger partial charge in [0.15, 0.2) is 0 Å². The SMILES string of the molecule is CCCCN1CN(CO)CN(CO)C1. The fourth-order valence-corrected chi connectivity index (χ4v) is 1.68. The summed E-state index contributed by atoms with van der Waals surface area (Å²) >= 11 is 0. The third kappa shape index (κ3) is 3.51. The molecule has 0 aromatic rings. The second-order valence-electron chi connectivity index (χ2n) is 3.80. The van der Waals surface area contributed by atoms with Crippen molar-refractivity contribution in [1.29, 1.82) is 0 Å². The van der Waals surface area contributed by atoms with Crippen LogP contribution in [0.1, 0.15) is 19.8 Å². The first-order valence-corrected chi connectivity index (χ1v) is 5.19. The van der Waals surface area contributed by atoms with Gasteiger partial charge in [0, 0.05) is 6.54 Å². The molecular weight excluding hydrogens is 182 g/mol. The van der Waals surface area contributed by atoms with E-state index in [1.54, 1.807) is 0 Å². The monoisotopic (exact) mass is 203 g/mol. The van der Waals surface area contributed by atoms with Crippen LogP contribution in [-0.2, 0) is 0 Å². The summed E-state index contributed by atoms with van der Waals surface area (Å²) in [5.41, 5.74) is 0. The van der Waals surface area contributed by atoms with Crippen LogP contribution in [0.15, 0.2) is 0 Å². The fourth-order valence-electron chi connectivity index (χ4n) is 1.68. The van der Waals surface area contributed by atoms with Crippen LogP contribution in [0.25, 0.3) is 0 Å². The van der Waals surface area contributed by atoms with Gasteiger partial charge in [0.05, 0.1) is 33.5 Å². The number of aliphatic hydroxyl groups excluding tert-OH is 2. The Kier molecular flexibility index (Phi) is 5.36. The summed E-state index contributed by atoms with van der Waals surface area (Å²) in [6.45, 7) is 5.55. The first kappa shape index (κ1) is 11.9. The van der Waals surface area contributed by atoms with Crippen molar-refractivity contribution in [2.45, 2.75) is 19.8 Å². The maximum absolute atomic E-state index is 9.04. The molecule has 84 valence electrons. The largest absolute Gasteiger partial charge is 0.381 e. The van der Waals surface area contributed by atoms with E-state index >= 15 is 0 Å². The third-order valence-corrected chi connectivity index (χ3v) is 2.43. The minimum atomic E-state index is 0.0547. The van der Waals surface area contributed by atoms with E-state index in [4.69, 9.17) is 10.2 Å². The summed E-state index contributed by atoms with van der Waals surface area (Å²) in [5, 5.41) is 18.1. The van der Waals surface area contributed by atoms with Crippen LogP contribution in [0.3, 0.4) is 0 Å². The van der Waals surface area contributed by atoms with Gasteiger partial charge in [-0.3, -0.25) is 14.7 Å². The first-order chi connectivity index (χ1) is 6.80. The second kappa shape index (κ2) is 6.31. The molecule has 14 heavy (non-hydrogen) atoms. The van der Waals surface area contributed by atoms with Crippen molar-refractivity contribution in [3.8, 4) is 0 Å². The topological polar surface area (TPSA) is 50.2 Å². The van der Waals surface area contributed by atoms with Crippen molar-refractivity contribution >= 4 is 0 Å². The van der Waals surface area contributed by atoms with Crippen LogP contribution >= 0.6 is 0 Å². The summed E-state index contributed by atoms with van der Waals surface area (Å²) in [6.07, 6.45) is 2.34. The number of hydrogen-bond donors (Lipinski definition) is 2. The third-order valence-electron chi connectivity index (χ3n) is 2.43. The van der Waals surface area contributed by atoms with Crippen molar-refractivity contribution in [3.63, 3.8) is 0 Å². The molecule has 0 radical (unpaired) electrons.